The van der Waals surface area contributed by atoms with Crippen LogP contribution in [0.4, 0.5) is 0 Å². The molecule has 6 heteroatoms. The lowest BCUT2D eigenvalue weighted by Gasteiger charge is -2.24. The van der Waals surface area contributed by atoms with Crippen molar-refractivity contribution in [3.8, 4) is 17.2 Å². The lowest BCUT2D eigenvalue weighted by atomic mass is 10.2. The number of fused-ring (bicyclic) bond motifs is 1. The number of hydrogen-bond donors (Lipinski definition) is 2. The van der Waals surface area contributed by atoms with Crippen LogP contribution in [0.15, 0.2) is 16.6 Å². The summed E-state index contributed by atoms with van der Waals surface area (Å²) in [5, 5.41) is 18.3. The zero-order chi connectivity index (χ0) is 12.5. The molecular weight excluding hydrogens is 292 g/mol. The van der Waals surface area contributed by atoms with E-state index in [1.165, 1.54) is 7.11 Å². The second kappa shape index (κ2) is 4.72. The largest absolute Gasteiger partial charge is 0.493 e. The summed E-state index contributed by atoms with van der Waals surface area (Å²) in [7, 11) is 1.53. The quantitative estimate of drug-likeness (QED) is 0.877. The number of ether oxygens (including phenoxy) is 3. The molecule has 94 valence electrons. The molecule has 1 aliphatic rings. The molecule has 1 aromatic carbocycles. The van der Waals surface area contributed by atoms with Crippen LogP contribution >= 0.6 is 15.9 Å². The number of hydrogen-bond acceptors (Lipinski definition) is 5. The highest BCUT2D eigenvalue weighted by atomic mass is 79.9. The first-order valence-corrected chi connectivity index (χ1v) is 5.91. The van der Waals surface area contributed by atoms with Gasteiger partial charge >= 0.3 is 0 Å². The van der Waals surface area contributed by atoms with Crippen LogP contribution in [0.25, 0.3) is 0 Å². The molecule has 2 N–H and O–H groups in total. The summed E-state index contributed by atoms with van der Waals surface area (Å²) < 4.78 is 17.1. The fourth-order valence-electron chi connectivity index (χ4n) is 1.68. The molecule has 1 unspecified atom stereocenters. The van der Waals surface area contributed by atoms with E-state index in [4.69, 9.17) is 19.3 Å². The van der Waals surface area contributed by atoms with Gasteiger partial charge < -0.3 is 24.4 Å². The highest BCUT2D eigenvalue weighted by Crippen LogP contribution is 2.50. The first kappa shape index (κ1) is 12.5. The molecule has 1 atom stereocenters. The number of aliphatic hydroxyl groups is 2. The number of rotatable bonds is 4. The van der Waals surface area contributed by atoms with Crippen LogP contribution in [0.3, 0.4) is 0 Å². The number of aliphatic hydroxyl groups excluding tert-OH is 2. The van der Waals surface area contributed by atoms with Crippen LogP contribution in [0.2, 0.25) is 0 Å². The Balaban J connectivity index is 2.40. The highest BCUT2D eigenvalue weighted by molar-refractivity contribution is 9.10. The van der Waals surface area contributed by atoms with Crippen LogP contribution in [0.5, 0.6) is 17.2 Å². The van der Waals surface area contributed by atoms with Gasteiger partial charge in [-0.2, -0.15) is 0 Å². The van der Waals surface area contributed by atoms with Gasteiger partial charge in [0.25, 0.3) is 5.79 Å². The Kier molecular flexibility index (Phi) is 3.46. The fraction of sp³-hybridized carbons (Fsp3) is 0.455. The molecule has 2 rings (SSSR count). The van der Waals surface area contributed by atoms with Crippen molar-refractivity contribution in [2.45, 2.75) is 12.2 Å². The zero-order valence-electron chi connectivity index (χ0n) is 9.27. The van der Waals surface area contributed by atoms with Gasteiger partial charge in [-0.25, -0.2) is 0 Å². The van der Waals surface area contributed by atoms with Gasteiger partial charge in [0.1, 0.15) is 6.61 Å². The van der Waals surface area contributed by atoms with Crippen molar-refractivity contribution in [2.24, 2.45) is 0 Å². The molecule has 0 bridgehead atoms. The highest BCUT2D eigenvalue weighted by Gasteiger charge is 2.43. The molecule has 0 saturated heterocycles. The predicted molar refractivity (Wildman–Crippen MR) is 63.5 cm³/mol. The first-order chi connectivity index (χ1) is 8.15. The summed E-state index contributed by atoms with van der Waals surface area (Å²) in [6.07, 6.45) is 0.174. The summed E-state index contributed by atoms with van der Waals surface area (Å²) in [6, 6.07) is 3.51. The molecular formula is C11H13BrO5. The maximum atomic E-state index is 9.36. The van der Waals surface area contributed by atoms with Gasteiger partial charge in [0.05, 0.1) is 24.6 Å². The van der Waals surface area contributed by atoms with Gasteiger partial charge in [0.15, 0.2) is 11.5 Å². The van der Waals surface area contributed by atoms with Crippen molar-refractivity contribution in [3.05, 3.63) is 16.6 Å². The summed E-state index contributed by atoms with van der Waals surface area (Å²) in [5.41, 5.74) is 0. The minimum atomic E-state index is -1.23. The van der Waals surface area contributed by atoms with Gasteiger partial charge in [0, 0.05) is 0 Å². The Labute approximate surface area is 107 Å². The van der Waals surface area contributed by atoms with Gasteiger partial charge in [-0.3, -0.25) is 0 Å². The third-order valence-electron chi connectivity index (χ3n) is 2.56. The number of benzene rings is 1. The monoisotopic (exact) mass is 304 g/mol. The number of halogens is 1. The van der Waals surface area contributed by atoms with E-state index in [1.54, 1.807) is 12.1 Å². The van der Waals surface area contributed by atoms with Gasteiger partial charge in [-0.1, -0.05) is 0 Å². The average Bonchev–Trinajstić information content (AvgIpc) is 2.71. The van der Waals surface area contributed by atoms with E-state index in [1.807, 2.05) is 0 Å². The minimum Gasteiger partial charge on any atom is -0.493 e. The summed E-state index contributed by atoms with van der Waals surface area (Å²) in [6.45, 7) is -0.494. The Morgan fingerprint density at radius 1 is 1.29 bits per heavy atom. The van der Waals surface area contributed by atoms with Crippen molar-refractivity contribution in [1.29, 1.82) is 0 Å². The molecule has 0 aromatic heterocycles. The standard InChI is InChI=1S/C11H13BrO5/c1-15-8-3-2-7(12)9-10(8)17-11(6-14,16-9)4-5-13/h2-3,13-14H,4-6H2,1H3. The first-order valence-electron chi connectivity index (χ1n) is 5.12. The molecule has 1 heterocycles. The van der Waals surface area contributed by atoms with Crippen LogP contribution in [0.1, 0.15) is 6.42 Å². The van der Waals surface area contributed by atoms with Crippen molar-refractivity contribution < 1.29 is 24.4 Å². The van der Waals surface area contributed by atoms with E-state index < -0.39 is 5.79 Å². The van der Waals surface area contributed by atoms with E-state index in [0.717, 1.165) is 0 Å². The Morgan fingerprint density at radius 3 is 2.59 bits per heavy atom. The van der Waals surface area contributed by atoms with Crippen molar-refractivity contribution in [3.63, 3.8) is 0 Å². The van der Waals surface area contributed by atoms with E-state index >= 15 is 0 Å². The lowest BCUT2D eigenvalue weighted by molar-refractivity contribution is -0.127. The van der Waals surface area contributed by atoms with Crippen molar-refractivity contribution in [2.75, 3.05) is 20.3 Å². The summed E-state index contributed by atoms with van der Waals surface area (Å²) >= 11 is 3.34. The van der Waals surface area contributed by atoms with Crippen LogP contribution in [0, 0.1) is 0 Å². The van der Waals surface area contributed by atoms with E-state index in [0.29, 0.717) is 21.7 Å². The van der Waals surface area contributed by atoms with Crippen molar-refractivity contribution in [1.82, 2.24) is 0 Å². The molecule has 1 aliphatic heterocycles. The Hall–Kier alpha value is -0.980. The normalized spacial score (nSPS) is 21.6. The maximum Gasteiger partial charge on any atom is 0.277 e. The van der Waals surface area contributed by atoms with Gasteiger partial charge in [-0.05, 0) is 28.1 Å². The van der Waals surface area contributed by atoms with Crippen LogP contribution < -0.4 is 14.2 Å². The minimum absolute atomic E-state index is 0.144. The van der Waals surface area contributed by atoms with Crippen LogP contribution in [-0.4, -0.2) is 36.3 Å². The summed E-state index contributed by atoms with van der Waals surface area (Å²) in [4.78, 5) is 0. The average molecular weight is 305 g/mol. The van der Waals surface area contributed by atoms with Crippen molar-refractivity contribution >= 4 is 15.9 Å². The predicted octanol–water partition coefficient (Wildman–Crippen LogP) is 1.30. The topological polar surface area (TPSA) is 68.2 Å². The molecule has 0 saturated carbocycles. The Morgan fingerprint density at radius 2 is 2.00 bits per heavy atom. The number of methoxy groups -OCH3 is 1. The molecule has 0 amide bonds. The molecule has 0 radical (unpaired) electrons. The van der Waals surface area contributed by atoms with Gasteiger partial charge in [-0.15, -0.1) is 0 Å². The summed E-state index contributed by atoms with van der Waals surface area (Å²) in [5.74, 6) is 0.210. The van der Waals surface area contributed by atoms with E-state index in [9.17, 15) is 5.11 Å². The van der Waals surface area contributed by atoms with E-state index in [2.05, 4.69) is 15.9 Å². The fourth-order valence-corrected chi connectivity index (χ4v) is 2.08. The molecule has 17 heavy (non-hydrogen) atoms. The second-order valence-corrected chi connectivity index (χ2v) is 4.51. The Bertz CT molecular complexity index is 423. The zero-order valence-corrected chi connectivity index (χ0v) is 10.9. The molecule has 0 fully saturated rings. The second-order valence-electron chi connectivity index (χ2n) is 3.65. The molecule has 0 spiro atoms. The molecule has 1 aromatic rings. The molecule has 5 nitrogen and oxygen atoms in total. The smallest absolute Gasteiger partial charge is 0.277 e. The van der Waals surface area contributed by atoms with Crippen LogP contribution in [-0.2, 0) is 0 Å². The maximum absolute atomic E-state index is 9.36. The molecule has 0 aliphatic carbocycles. The third kappa shape index (κ3) is 2.08. The SMILES string of the molecule is COc1ccc(Br)c2c1OC(CO)(CCO)O2. The third-order valence-corrected chi connectivity index (χ3v) is 3.18. The van der Waals surface area contributed by atoms with Gasteiger partial charge in [0.2, 0.25) is 5.75 Å². The van der Waals surface area contributed by atoms with E-state index in [-0.39, 0.29) is 19.6 Å². The lowest BCUT2D eigenvalue weighted by Crippen LogP contribution is -2.43.